The molecule has 0 bridgehead atoms. The summed E-state index contributed by atoms with van der Waals surface area (Å²) < 4.78 is 38.1. The van der Waals surface area contributed by atoms with Gasteiger partial charge >= 0.3 is 12.2 Å². The second kappa shape index (κ2) is 6.72. The summed E-state index contributed by atoms with van der Waals surface area (Å²) in [6.45, 7) is 0.813. The molecule has 0 unspecified atom stereocenters. The summed E-state index contributed by atoms with van der Waals surface area (Å²) in [4.78, 5) is 17.9. The summed E-state index contributed by atoms with van der Waals surface area (Å²) in [5.74, 6) is 0. The van der Waals surface area contributed by atoms with Crippen molar-refractivity contribution in [2.45, 2.75) is 19.1 Å². The van der Waals surface area contributed by atoms with E-state index in [9.17, 15) is 18.0 Å². The van der Waals surface area contributed by atoms with E-state index < -0.39 is 22.8 Å². The number of nitrogens with one attached hydrogen (secondary N) is 1. The quantitative estimate of drug-likeness (QED) is 0.697. The molecular weight excluding hydrogens is 378 g/mol. The van der Waals surface area contributed by atoms with Crippen LogP contribution in [0.25, 0.3) is 0 Å². The lowest BCUT2D eigenvalue weighted by atomic mass is 10.0. The minimum atomic E-state index is -4.54. The predicted octanol–water partition coefficient (Wildman–Crippen LogP) is 5.00. The van der Waals surface area contributed by atoms with E-state index in [1.54, 1.807) is 17.2 Å². The number of anilines is 1. The summed E-state index contributed by atoms with van der Waals surface area (Å²) in [6, 6.07) is 4.45. The largest absolute Gasteiger partial charge is 0.417 e. The van der Waals surface area contributed by atoms with Crippen molar-refractivity contribution >= 4 is 34.9 Å². The van der Waals surface area contributed by atoms with Crippen LogP contribution in [0.2, 0.25) is 10.2 Å². The Morgan fingerprint density at radius 1 is 1.20 bits per heavy atom. The van der Waals surface area contributed by atoms with E-state index in [0.29, 0.717) is 24.7 Å². The number of urea groups is 1. The first kappa shape index (κ1) is 17.8. The molecule has 0 atom stereocenters. The van der Waals surface area contributed by atoms with Gasteiger partial charge in [-0.05, 0) is 41.8 Å². The standard InChI is InChI=1S/C16H12Cl2F3N3O/c17-13-6-11(1-2-12(13)16(19,20)21)23-15(25)24-4-3-9-5-14(18)22-7-10(9)8-24/h1-2,5-7H,3-4,8H2,(H,23,25). The molecule has 2 aromatic rings. The number of nitrogens with zero attached hydrogens (tertiary/aromatic N) is 2. The van der Waals surface area contributed by atoms with Crippen molar-refractivity contribution in [2.24, 2.45) is 0 Å². The van der Waals surface area contributed by atoms with Crippen molar-refractivity contribution in [1.82, 2.24) is 9.88 Å². The number of hydrogen-bond donors (Lipinski definition) is 1. The van der Waals surface area contributed by atoms with Crippen LogP contribution in [0, 0.1) is 0 Å². The van der Waals surface area contributed by atoms with Gasteiger partial charge in [-0.25, -0.2) is 9.78 Å². The molecule has 0 spiro atoms. The number of aromatic nitrogens is 1. The second-order valence-corrected chi connectivity index (χ2v) is 6.36. The summed E-state index contributed by atoms with van der Waals surface area (Å²) in [6.07, 6.45) is -2.30. The predicted molar refractivity (Wildman–Crippen MR) is 88.8 cm³/mol. The van der Waals surface area contributed by atoms with Crippen LogP contribution in [-0.4, -0.2) is 22.5 Å². The van der Waals surface area contributed by atoms with Crippen LogP contribution in [0.15, 0.2) is 30.5 Å². The molecule has 2 heterocycles. The Hall–Kier alpha value is -1.99. The summed E-state index contributed by atoms with van der Waals surface area (Å²) >= 11 is 11.5. The fraction of sp³-hybridized carbons (Fsp3) is 0.250. The molecule has 3 rings (SSSR count). The molecule has 0 saturated carbocycles. The Balaban J connectivity index is 1.71. The highest BCUT2D eigenvalue weighted by Crippen LogP contribution is 2.36. The highest BCUT2D eigenvalue weighted by molar-refractivity contribution is 6.31. The van der Waals surface area contributed by atoms with Crippen molar-refractivity contribution < 1.29 is 18.0 Å². The van der Waals surface area contributed by atoms with E-state index in [-0.39, 0.29) is 5.69 Å². The van der Waals surface area contributed by atoms with Gasteiger partial charge < -0.3 is 10.2 Å². The van der Waals surface area contributed by atoms with Crippen molar-refractivity contribution in [1.29, 1.82) is 0 Å². The number of rotatable bonds is 1. The van der Waals surface area contributed by atoms with E-state index in [2.05, 4.69) is 10.3 Å². The molecule has 1 aromatic heterocycles. The fourth-order valence-electron chi connectivity index (χ4n) is 2.61. The fourth-order valence-corrected chi connectivity index (χ4v) is 3.08. The number of amides is 2. The van der Waals surface area contributed by atoms with E-state index in [0.717, 1.165) is 23.3 Å². The highest BCUT2D eigenvalue weighted by atomic mass is 35.5. The van der Waals surface area contributed by atoms with Crippen LogP contribution >= 0.6 is 23.2 Å². The van der Waals surface area contributed by atoms with Gasteiger partial charge in [-0.1, -0.05) is 23.2 Å². The maximum absolute atomic E-state index is 12.7. The van der Waals surface area contributed by atoms with Crippen LogP contribution in [0.1, 0.15) is 16.7 Å². The number of pyridine rings is 1. The van der Waals surface area contributed by atoms with Crippen LogP contribution in [0.5, 0.6) is 0 Å². The van der Waals surface area contributed by atoms with Crippen LogP contribution in [0.3, 0.4) is 0 Å². The Morgan fingerprint density at radius 2 is 1.96 bits per heavy atom. The lowest BCUT2D eigenvalue weighted by molar-refractivity contribution is -0.137. The molecule has 0 radical (unpaired) electrons. The normalized spacial score (nSPS) is 14.2. The minimum Gasteiger partial charge on any atom is -0.320 e. The molecule has 1 aliphatic heterocycles. The molecule has 1 aliphatic rings. The molecule has 1 N–H and O–H groups in total. The van der Waals surface area contributed by atoms with Gasteiger partial charge in [0.25, 0.3) is 0 Å². The summed E-state index contributed by atoms with van der Waals surface area (Å²) in [5, 5.41) is 2.50. The number of carbonyl (C=O) groups excluding carboxylic acids is 1. The smallest absolute Gasteiger partial charge is 0.320 e. The Morgan fingerprint density at radius 3 is 2.64 bits per heavy atom. The third-order valence-corrected chi connectivity index (χ3v) is 4.39. The van der Waals surface area contributed by atoms with Gasteiger partial charge in [0, 0.05) is 25.0 Å². The van der Waals surface area contributed by atoms with Gasteiger partial charge in [-0.15, -0.1) is 0 Å². The summed E-state index contributed by atoms with van der Waals surface area (Å²) in [5.41, 5.74) is 1.17. The van der Waals surface area contributed by atoms with Gasteiger partial charge in [0.2, 0.25) is 0 Å². The average Bonchev–Trinajstić information content (AvgIpc) is 2.53. The lowest BCUT2D eigenvalue weighted by Gasteiger charge is -2.28. The molecular formula is C16H12Cl2F3N3O. The average molecular weight is 390 g/mol. The van der Waals surface area contributed by atoms with Crippen molar-refractivity contribution in [2.75, 3.05) is 11.9 Å². The number of hydrogen-bond acceptors (Lipinski definition) is 2. The molecule has 4 nitrogen and oxygen atoms in total. The van der Waals surface area contributed by atoms with Gasteiger partial charge in [-0.3, -0.25) is 0 Å². The molecule has 132 valence electrons. The van der Waals surface area contributed by atoms with Crippen molar-refractivity contribution in [3.8, 4) is 0 Å². The monoisotopic (exact) mass is 389 g/mol. The molecule has 9 heteroatoms. The number of carbonyl (C=O) groups is 1. The van der Waals surface area contributed by atoms with E-state index in [4.69, 9.17) is 23.2 Å². The molecule has 0 fully saturated rings. The molecule has 25 heavy (non-hydrogen) atoms. The summed E-state index contributed by atoms with van der Waals surface area (Å²) in [7, 11) is 0. The number of benzene rings is 1. The van der Waals surface area contributed by atoms with Crippen LogP contribution in [0.4, 0.5) is 23.7 Å². The Bertz CT molecular complexity index is 827. The zero-order valence-electron chi connectivity index (χ0n) is 12.7. The van der Waals surface area contributed by atoms with Gasteiger partial charge in [0.05, 0.1) is 10.6 Å². The van der Waals surface area contributed by atoms with Gasteiger partial charge in [0.1, 0.15) is 5.15 Å². The molecule has 2 amide bonds. The molecule has 0 aliphatic carbocycles. The van der Waals surface area contributed by atoms with Gasteiger partial charge in [-0.2, -0.15) is 13.2 Å². The highest BCUT2D eigenvalue weighted by Gasteiger charge is 2.33. The van der Waals surface area contributed by atoms with Crippen molar-refractivity contribution in [3.05, 3.63) is 57.3 Å². The lowest BCUT2D eigenvalue weighted by Crippen LogP contribution is -2.39. The number of halogens is 5. The van der Waals surface area contributed by atoms with Crippen molar-refractivity contribution in [3.63, 3.8) is 0 Å². The Kier molecular flexibility index (Phi) is 4.79. The third kappa shape index (κ3) is 3.99. The number of fused-ring (bicyclic) bond motifs is 1. The maximum atomic E-state index is 12.7. The minimum absolute atomic E-state index is 0.197. The first-order valence-corrected chi connectivity index (χ1v) is 8.05. The topological polar surface area (TPSA) is 45.2 Å². The third-order valence-electron chi connectivity index (χ3n) is 3.87. The van der Waals surface area contributed by atoms with Crippen LogP contribution < -0.4 is 5.32 Å². The maximum Gasteiger partial charge on any atom is 0.417 e. The van der Waals surface area contributed by atoms with E-state index >= 15 is 0 Å². The zero-order chi connectivity index (χ0) is 18.2. The second-order valence-electron chi connectivity index (χ2n) is 5.57. The van der Waals surface area contributed by atoms with Gasteiger partial charge in [0.15, 0.2) is 0 Å². The molecule has 0 saturated heterocycles. The first-order valence-electron chi connectivity index (χ1n) is 7.30. The number of alkyl halides is 3. The van der Waals surface area contributed by atoms with E-state index in [1.807, 2.05) is 0 Å². The molecule has 1 aromatic carbocycles. The zero-order valence-corrected chi connectivity index (χ0v) is 14.2. The van der Waals surface area contributed by atoms with Crippen LogP contribution in [-0.2, 0) is 19.1 Å². The SMILES string of the molecule is O=C(Nc1ccc(C(F)(F)F)c(Cl)c1)N1CCc2cc(Cl)ncc2C1. The van der Waals surface area contributed by atoms with E-state index in [1.165, 1.54) is 6.07 Å². The first-order chi connectivity index (χ1) is 11.7. The Labute approximate surface area is 151 Å².